The SMILES string of the molecule is C[NH+](C)Cc1ccccc1CNC(=O)CNC(=O)c1ccccc1Cl. The van der Waals surface area contributed by atoms with Crippen molar-refractivity contribution in [3.63, 3.8) is 0 Å². The molecule has 0 bridgehead atoms. The second kappa shape index (κ2) is 9.20. The molecule has 132 valence electrons. The first-order valence-electron chi connectivity index (χ1n) is 8.12. The standard InChI is InChI=1S/C19H22ClN3O2/c1-23(2)13-15-8-4-3-7-14(15)11-21-18(24)12-22-19(25)16-9-5-6-10-17(16)20/h3-10H,11-13H2,1-2H3,(H,21,24)(H,22,25)/p+1. The quantitative estimate of drug-likeness (QED) is 0.690. The van der Waals surface area contributed by atoms with E-state index >= 15 is 0 Å². The van der Waals surface area contributed by atoms with Crippen LogP contribution in [0.3, 0.4) is 0 Å². The van der Waals surface area contributed by atoms with Crippen molar-refractivity contribution in [1.29, 1.82) is 0 Å². The topological polar surface area (TPSA) is 62.6 Å². The second-order valence-electron chi connectivity index (χ2n) is 6.09. The van der Waals surface area contributed by atoms with Gasteiger partial charge in [0.2, 0.25) is 5.91 Å². The van der Waals surface area contributed by atoms with E-state index in [2.05, 4.69) is 30.8 Å². The van der Waals surface area contributed by atoms with Crippen molar-refractivity contribution in [3.05, 3.63) is 70.2 Å². The van der Waals surface area contributed by atoms with Crippen LogP contribution in [0, 0.1) is 0 Å². The molecule has 0 aliphatic carbocycles. The van der Waals surface area contributed by atoms with Crippen LogP contribution in [0.4, 0.5) is 0 Å². The fraction of sp³-hybridized carbons (Fsp3) is 0.263. The molecule has 2 aromatic rings. The Balaban J connectivity index is 1.85. The lowest BCUT2D eigenvalue weighted by Gasteiger charge is -2.13. The van der Waals surface area contributed by atoms with Gasteiger partial charge in [0.25, 0.3) is 5.91 Å². The number of rotatable bonds is 7. The van der Waals surface area contributed by atoms with Gasteiger partial charge in [0, 0.05) is 12.1 Å². The molecular formula is C19H23ClN3O2+. The van der Waals surface area contributed by atoms with Gasteiger partial charge in [-0.1, -0.05) is 48.0 Å². The summed E-state index contributed by atoms with van der Waals surface area (Å²) in [7, 11) is 4.17. The number of nitrogens with one attached hydrogen (secondary N) is 3. The molecule has 2 amide bonds. The van der Waals surface area contributed by atoms with Crippen molar-refractivity contribution in [3.8, 4) is 0 Å². The number of quaternary nitrogens is 1. The van der Waals surface area contributed by atoms with E-state index in [0.29, 0.717) is 17.1 Å². The van der Waals surface area contributed by atoms with Crippen LogP contribution in [0.1, 0.15) is 21.5 Å². The molecular weight excluding hydrogens is 338 g/mol. The van der Waals surface area contributed by atoms with E-state index in [1.165, 1.54) is 10.5 Å². The van der Waals surface area contributed by atoms with Crippen LogP contribution < -0.4 is 15.5 Å². The van der Waals surface area contributed by atoms with Gasteiger partial charge in [-0.25, -0.2) is 0 Å². The molecule has 0 fully saturated rings. The molecule has 0 aliphatic heterocycles. The van der Waals surface area contributed by atoms with Gasteiger partial charge < -0.3 is 15.5 Å². The number of halogens is 1. The Morgan fingerprint density at radius 1 is 0.960 bits per heavy atom. The lowest BCUT2D eigenvalue weighted by Crippen LogP contribution is -3.04. The predicted molar refractivity (Wildman–Crippen MR) is 98.6 cm³/mol. The summed E-state index contributed by atoms with van der Waals surface area (Å²) in [6.45, 7) is 1.23. The van der Waals surface area contributed by atoms with Gasteiger partial charge in [-0.2, -0.15) is 0 Å². The Hall–Kier alpha value is -2.37. The molecule has 0 atom stereocenters. The third kappa shape index (κ3) is 5.89. The van der Waals surface area contributed by atoms with Gasteiger partial charge >= 0.3 is 0 Å². The largest absolute Gasteiger partial charge is 0.350 e. The van der Waals surface area contributed by atoms with E-state index in [0.717, 1.165) is 12.1 Å². The molecule has 25 heavy (non-hydrogen) atoms. The average Bonchev–Trinajstić information content (AvgIpc) is 2.59. The maximum atomic E-state index is 12.0. The number of hydrogen-bond donors (Lipinski definition) is 3. The highest BCUT2D eigenvalue weighted by atomic mass is 35.5. The van der Waals surface area contributed by atoms with E-state index in [9.17, 15) is 9.59 Å². The van der Waals surface area contributed by atoms with Crippen molar-refractivity contribution in [2.75, 3.05) is 20.6 Å². The molecule has 0 spiro atoms. The summed E-state index contributed by atoms with van der Waals surface area (Å²) in [6, 6.07) is 14.7. The zero-order valence-electron chi connectivity index (χ0n) is 14.4. The van der Waals surface area contributed by atoms with Crippen molar-refractivity contribution in [2.45, 2.75) is 13.1 Å². The minimum atomic E-state index is -0.364. The molecule has 0 heterocycles. The van der Waals surface area contributed by atoms with Crippen molar-refractivity contribution in [1.82, 2.24) is 10.6 Å². The Kier molecular flexibility index (Phi) is 6.98. The molecule has 3 N–H and O–H groups in total. The van der Waals surface area contributed by atoms with Gasteiger partial charge in [0.15, 0.2) is 0 Å². The first-order chi connectivity index (χ1) is 12.0. The molecule has 5 nitrogen and oxygen atoms in total. The van der Waals surface area contributed by atoms with E-state index < -0.39 is 0 Å². The van der Waals surface area contributed by atoms with Crippen LogP contribution in [-0.2, 0) is 17.9 Å². The first kappa shape index (κ1) is 19.0. The minimum Gasteiger partial charge on any atom is -0.350 e. The Morgan fingerprint density at radius 3 is 2.28 bits per heavy atom. The molecule has 0 radical (unpaired) electrons. The highest BCUT2D eigenvalue weighted by Gasteiger charge is 2.11. The van der Waals surface area contributed by atoms with E-state index in [4.69, 9.17) is 11.6 Å². The third-order valence-corrected chi connectivity index (χ3v) is 4.00. The summed E-state index contributed by atoms with van der Waals surface area (Å²) in [5.74, 6) is -0.607. The maximum absolute atomic E-state index is 12.0. The normalized spacial score (nSPS) is 10.6. The first-order valence-corrected chi connectivity index (χ1v) is 8.50. The summed E-state index contributed by atoms with van der Waals surface area (Å²) < 4.78 is 0. The fourth-order valence-corrected chi connectivity index (χ4v) is 2.66. The summed E-state index contributed by atoms with van der Waals surface area (Å²) >= 11 is 5.97. The van der Waals surface area contributed by atoms with E-state index in [1.807, 2.05) is 18.2 Å². The van der Waals surface area contributed by atoms with Crippen LogP contribution in [0.5, 0.6) is 0 Å². The summed E-state index contributed by atoms with van der Waals surface area (Å²) in [4.78, 5) is 25.4. The van der Waals surface area contributed by atoms with Crippen LogP contribution in [0.2, 0.25) is 5.02 Å². The molecule has 6 heteroatoms. The number of benzene rings is 2. The van der Waals surface area contributed by atoms with Gasteiger partial charge in [-0.15, -0.1) is 0 Å². The smallest absolute Gasteiger partial charge is 0.253 e. The zero-order valence-corrected chi connectivity index (χ0v) is 15.2. The molecule has 0 unspecified atom stereocenters. The Morgan fingerprint density at radius 2 is 1.60 bits per heavy atom. The average molecular weight is 361 g/mol. The highest BCUT2D eigenvalue weighted by molar-refractivity contribution is 6.33. The number of hydrogen-bond acceptors (Lipinski definition) is 2. The molecule has 0 saturated carbocycles. The molecule has 0 aromatic heterocycles. The minimum absolute atomic E-state index is 0.0921. The Bertz CT molecular complexity index is 747. The van der Waals surface area contributed by atoms with Crippen molar-refractivity contribution in [2.24, 2.45) is 0 Å². The maximum Gasteiger partial charge on any atom is 0.253 e. The lowest BCUT2D eigenvalue weighted by molar-refractivity contribution is -0.872. The number of carbonyl (C=O) groups excluding carboxylic acids is 2. The number of amides is 2. The third-order valence-electron chi connectivity index (χ3n) is 3.67. The summed E-state index contributed by atoms with van der Waals surface area (Å²) in [6.07, 6.45) is 0. The van der Waals surface area contributed by atoms with Crippen LogP contribution in [0.15, 0.2) is 48.5 Å². The molecule has 0 aliphatic rings. The van der Waals surface area contributed by atoms with Gasteiger partial charge in [0.1, 0.15) is 6.54 Å². The molecule has 2 aromatic carbocycles. The molecule has 0 saturated heterocycles. The zero-order chi connectivity index (χ0) is 18.2. The summed E-state index contributed by atoms with van der Waals surface area (Å²) in [5.41, 5.74) is 2.63. The van der Waals surface area contributed by atoms with E-state index in [1.54, 1.807) is 24.3 Å². The van der Waals surface area contributed by atoms with Gasteiger partial charge in [0.05, 0.1) is 31.2 Å². The number of carbonyl (C=O) groups is 2. The fourth-order valence-electron chi connectivity index (χ4n) is 2.44. The predicted octanol–water partition coefficient (Wildman–Crippen LogP) is 1.03. The summed E-state index contributed by atoms with van der Waals surface area (Å²) in [5, 5.41) is 5.78. The van der Waals surface area contributed by atoms with Gasteiger partial charge in [-0.05, 0) is 17.7 Å². The van der Waals surface area contributed by atoms with Gasteiger partial charge in [-0.3, -0.25) is 9.59 Å². The van der Waals surface area contributed by atoms with Crippen LogP contribution in [0.25, 0.3) is 0 Å². The monoisotopic (exact) mass is 360 g/mol. The highest BCUT2D eigenvalue weighted by Crippen LogP contribution is 2.14. The van der Waals surface area contributed by atoms with Crippen LogP contribution >= 0.6 is 11.6 Å². The Labute approximate surface area is 153 Å². The van der Waals surface area contributed by atoms with E-state index in [-0.39, 0.29) is 18.4 Å². The van der Waals surface area contributed by atoms with Crippen molar-refractivity contribution < 1.29 is 14.5 Å². The lowest BCUT2D eigenvalue weighted by atomic mass is 10.1. The van der Waals surface area contributed by atoms with Crippen LogP contribution in [-0.4, -0.2) is 32.5 Å². The second-order valence-corrected chi connectivity index (χ2v) is 6.50. The van der Waals surface area contributed by atoms with Crippen molar-refractivity contribution >= 4 is 23.4 Å². The molecule has 2 rings (SSSR count).